The van der Waals surface area contributed by atoms with Crippen LogP contribution in [0.1, 0.15) is 47.2 Å². The first kappa shape index (κ1) is 23.6. The number of hydrogen-bond acceptors (Lipinski definition) is 6. The van der Waals surface area contributed by atoms with Crippen molar-refractivity contribution in [3.8, 4) is 5.75 Å². The molecule has 1 atom stereocenters. The van der Waals surface area contributed by atoms with Gasteiger partial charge in [-0.3, -0.25) is 19.3 Å². The number of thiophene rings is 1. The maximum atomic E-state index is 13.5. The Morgan fingerprint density at radius 3 is 2.50 bits per heavy atom. The first-order valence-corrected chi connectivity index (χ1v) is 12.1. The fourth-order valence-electron chi connectivity index (χ4n) is 4.09. The summed E-state index contributed by atoms with van der Waals surface area (Å²) in [4.78, 5) is 41.6. The monoisotopic (exact) mass is 481 g/mol. The second-order valence-corrected chi connectivity index (χ2v) is 9.01. The molecular formula is C25H27N3O5S. The van der Waals surface area contributed by atoms with Crippen LogP contribution in [0.5, 0.6) is 5.75 Å². The van der Waals surface area contributed by atoms with Gasteiger partial charge < -0.3 is 19.8 Å². The summed E-state index contributed by atoms with van der Waals surface area (Å²) in [5.41, 5.74) is 0.526. The third-order valence-electron chi connectivity index (χ3n) is 5.79. The fourth-order valence-corrected chi connectivity index (χ4v) is 4.90. The van der Waals surface area contributed by atoms with Crippen molar-refractivity contribution in [1.82, 2.24) is 10.6 Å². The number of carbonyl (C=O) groups is 3. The van der Waals surface area contributed by atoms with Gasteiger partial charge in [0.05, 0.1) is 19.9 Å². The van der Waals surface area contributed by atoms with Crippen molar-refractivity contribution < 1.29 is 23.5 Å². The molecule has 3 aromatic rings. The lowest BCUT2D eigenvalue weighted by atomic mass is 10.1. The molecule has 1 fully saturated rings. The number of benzene rings is 1. The van der Waals surface area contributed by atoms with Crippen LogP contribution in [0.4, 0.5) is 5.69 Å². The summed E-state index contributed by atoms with van der Waals surface area (Å²) in [5.74, 6) is -0.431. The van der Waals surface area contributed by atoms with Gasteiger partial charge in [-0.15, -0.1) is 11.3 Å². The summed E-state index contributed by atoms with van der Waals surface area (Å²) < 4.78 is 10.4. The number of furan rings is 1. The van der Waals surface area contributed by atoms with Crippen molar-refractivity contribution in [1.29, 1.82) is 0 Å². The Hall–Kier alpha value is -3.59. The molecule has 178 valence electrons. The lowest BCUT2D eigenvalue weighted by molar-refractivity contribution is -0.126. The standard InChI is InChI=1S/C25H27N3O5S/c1-32-19-12-10-18(11-13-19)28(22(29)16-26-24(30)20-8-4-14-33-20)23(21-9-5-15-34-21)25(31)27-17-6-2-3-7-17/h4-5,8-15,17,23H,2-3,6-7,16H2,1H3,(H,26,30)(H,27,31)/t23-/m0/s1. The van der Waals surface area contributed by atoms with Gasteiger partial charge >= 0.3 is 0 Å². The van der Waals surface area contributed by atoms with Gasteiger partial charge in [-0.2, -0.15) is 0 Å². The maximum absolute atomic E-state index is 13.5. The number of carbonyl (C=O) groups excluding carboxylic acids is 3. The van der Waals surface area contributed by atoms with Crippen LogP contribution in [0.25, 0.3) is 0 Å². The highest BCUT2D eigenvalue weighted by molar-refractivity contribution is 7.10. The molecule has 0 aliphatic heterocycles. The minimum Gasteiger partial charge on any atom is -0.497 e. The summed E-state index contributed by atoms with van der Waals surface area (Å²) in [7, 11) is 1.56. The van der Waals surface area contributed by atoms with E-state index in [1.54, 1.807) is 37.4 Å². The normalized spacial score (nSPS) is 14.4. The Bertz CT molecular complexity index is 1090. The zero-order valence-electron chi connectivity index (χ0n) is 18.9. The van der Waals surface area contributed by atoms with E-state index in [1.807, 2.05) is 17.5 Å². The number of methoxy groups -OCH3 is 1. The van der Waals surface area contributed by atoms with Crippen molar-refractivity contribution in [2.75, 3.05) is 18.6 Å². The predicted molar refractivity (Wildman–Crippen MR) is 129 cm³/mol. The molecule has 9 heteroatoms. The molecule has 2 aromatic heterocycles. The molecule has 3 amide bonds. The van der Waals surface area contributed by atoms with E-state index >= 15 is 0 Å². The van der Waals surface area contributed by atoms with Gasteiger partial charge in [0.25, 0.3) is 5.91 Å². The van der Waals surface area contributed by atoms with Crippen molar-refractivity contribution in [2.24, 2.45) is 0 Å². The van der Waals surface area contributed by atoms with Gasteiger partial charge in [-0.1, -0.05) is 18.9 Å². The van der Waals surface area contributed by atoms with Crippen LogP contribution in [-0.2, 0) is 9.59 Å². The second kappa shape index (κ2) is 11.0. The van der Waals surface area contributed by atoms with Crippen molar-refractivity contribution >= 4 is 34.7 Å². The van der Waals surface area contributed by atoms with E-state index in [9.17, 15) is 14.4 Å². The molecular weight excluding hydrogens is 454 g/mol. The number of hydrogen-bond donors (Lipinski definition) is 2. The first-order chi connectivity index (χ1) is 16.6. The zero-order chi connectivity index (χ0) is 23.9. The summed E-state index contributed by atoms with van der Waals surface area (Å²) >= 11 is 1.41. The third kappa shape index (κ3) is 5.48. The Labute approximate surface area is 201 Å². The Morgan fingerprint density at radius 2 is 1.88 bits per heavy atom. The van der Waals surface area contributed by atoms with Gasteiger partial charge in [0.1, 0.15) is 11.8 Å². The Kier molecular flexibility index (Phi) is 7.64. The van der Waals surface area contributed by atoms with Crippen LogP contribution >= 0.6 is 11.3 Å². The number of nitrogens with zero attached hydrogens (tertiary/aromatic N) is 1. The summed E-state index contributed by atoms with van der Waals surface area (Å²) in [6.07, 6.45) is 5.40. The quantitative estimate of drug-likeness (QED) is 0.483. The van der Waals surface area contributed by atoms with E-state index < -0.39 is 17.9 Å². The largest absolute Gasteiger partial charge is 0.497 e. The van der Waals surface area contributed by atoms with E-state index in [4.69, 9.17) is 9.15 Å². The lowest BCUT2D eigenvalue weighted by Crippen LogP contribution is -2.48. The fraction of sp³-hybridized carbons (Fsp3) is 0.320. The number of amides is 3. The molecule has 4 rings (SSSR count). The Balaban J connectivity index is 1.63. The highest BCUT2D eigenvalue weighted by Crippen LogP contribution is 2.32. The zero-order valence-corrected chi connectivity index (χ0v) is 19.7. The van der Waals surface area contributed by atoms with Crippen LogP contribution in [0.2, 0.25) is 0 Å². The topological polar surface area (TPSA) is 101 Å². The molecule has 0 bridgehead atoms. The van der Waals surface area contributed by atoms with E-state index in [0.29, 0.717) is 11.4 Å². The molecule has 34 heavy (non-hydrogen) atoms. The van der Waals surface area contributed by atoms with E-state index in [-0.39, 0.29) is 24.3 Å². The van der Waals surface area contributed by atoms with Gasteiger partial charge in [0.15, 0.2) is 5.76 Å². The predicted octanol–water partition coefficient (Wildman–Crippen LogP) is 3.91. The molecule has 1 aliphatic rings. The highest BCUT2D eigenvalue weighted by Gasteiger charge is 2.35. The van der Waals surface area contributed by atoms with Gasteiger partial charge in [0, 0.05) is 16.6 Å². The van der Waals surface area contributed by atoms with Crippen LogP contribution in [0.3, 0.4) is 0 Å². The molecule has 1 aromatic carbocycles. The van der Waals surface area contributed by atoms with E-state index in [1.165, 1.54) is 28.6 Å². The van der Waals surface area contributed by atoms with Gasteiger partial charge in [-0.25, -0.2) is 0 Å². The minimum atomic E-state index is -0.873. The Morgan fingerprint density at radius 1 is 1.12 bits per heavy atom. The molecule has 2 N–H and O–H groups in total. The van der Waals surface area contributed by atoms with Crippen LogP contribution in [0.15, 0.2) is 64.6 Å². The van der Waals surface area contributed by atoms with Gasteiger partial charge in [-0.05, 0) is 60.7 Å². The molecule has 0 radical (unpaired) electrons. The number of ether oxygens (including phenoxy) is 1. The van der Waals surface area contributed by atoms with E-state index in [0.717, 1.165) is 30.6 Å². The van der Waals surface area contributed by atoms with Crippen LogP contribution in [0, 0.1) is 0 Å². The van der Waals surface area contributed by atoms with Crippen LogP contribution in [-0.4, -0.2) is 37.4 Å². The lowest BCUT2D eigenvalue weighted by Gasteiger charge is -2.31. The number of anilines is 1. The molecule has 1 saturated carbocycles. The highest BCUT2D eigenvalue weighted by atomic mass is 32.1. The number of nitrogens with one attached hydrogen (secondary N) is 2. The van der Waals surface area contributed by atoms with Gasteiger partial charge in [0.2, 0.25) is 11.8 Å². The van der Waals surface area contributed by atoms with Crippen molar-refractivity contribution in [3.63, 3.8) is 0 Å². The molecule has 0 saturated heterocycles. The average molecular weight is 482 g/mol. The van der Waals surface area contributed by atoms with E-state index in [2.05, 4.69) is 10.6 Å². The molecule has 2 heterocycles. The summed E-state index contributed by atoms with van der Waals surface area (Å²) in [5, 5.41) is 7.60. The first-order valence-electron chi connectivity index (χ1n) is 11.2. The summed E-state index contributed by atoms with van der Waals surface area (Å²) in [6, 6.07) is 13.0. The molecule has 1 aliphatic carbocycles. The molecule has 0 spiro atoms. The second-order valence-electron chi connectivity index (χ2n) is 8.03. The van der Waals surface area contributed by atoms with Crippen LogP contribution < -0.4 is 20.3 Å². The summed E-state index contributed by atoms with van der Waals surface area (Å²) in [6.45, 7) is -0.301. The average Bonchev–Trinajstić information content (AvgIpc) is 3.64. The van der Waals surface area contributed by atoms with Crippen molar-refractivity contribution in [2.45, 2.75) is 37.8 Å². The number of rotatable bonds is 9. The SMILES string of the molecule is COc1ccc(N(C(=O)CNC(=O)c2ccco2)[C@H](C(=O)NC2CCCC2)c2cccs2)cc1. The smallest absolute Gasteiger partial charge is 0.287 e. The molecule has 8 nitrogen and oxygen atoms in total. The van der Waals surface area contributed by atoms with Crippen molar-refractivity contribution in [3.05, 3.63) is 70.8 Å². The molecule has 0 unspecified atom stereocenters. The minimum absolute atomic E-state index is 0.0986. The maximum Gasteiger partial charge on any atom is 0.287 e. The third-order valence-corrected chi connectivity index (χ3v) is 6.71.